The van der Waals surface area contributed by atoms with Gasteiger partial charge in [0.2, 0.25) is 5.91 Å². The largest absolute Gasteiger partial charge is 0.497 e. The number of carbonyl (C=O) groups excluding carboxylic acids is 2. The molecule has 0 aliphatic rings. The van der Waals surface area contributed by atoms with E-state index < -0.39 is 6.03 Å². The lowest BCUT2D eigenvalue weighted by Crippen LogP contribution is -2.44. The smallest absolute Gasteiger partial charge is 0.322 e. The van der Waals surface area contributed by atoms with Crippen molar-refractivity contribution < 1.29 is 28.5 Å². The molecule has 214 valence electrons. The molecule has 1 aromatic heterocycles. The number of anilines is 1. The van der Waals surface area contributed by atoms with E-state index in [1.165, 1.54) is 16.9 Å². The highest BCUT2D eigenvalue weighted by Gasteiger charge is 2.22. The molecule has 0 spiro atoms. The first-order chi connectivity index (χ1) is 19.3. The second kappa shape index (κ2) is 14.8. The molecule has 10 heteroatoms. The highest BCUT2D eigenvalue weighted by atomic mass is 32.1. The van der Waals surface area contributed by atoms with Gasteiger partial charge in [-0.1, -0.05) is 12.1 Å². The molecule has 0 aliphatic carbocycles. The zero-order valence-corrected chi connectivity index (χ0v) is 24.5. The van der Waals surface area contributed by atoms with Crippen molar-refractivity contribution >= 4 is 29.0 Å². The number of hydrogen-bond donors (Lipinski definition) is 1. The third-order valence-corrected chi connectivity index (χ3v) is 7.21. The van der Waals surface area contributed by atoms with E-state index >= 15 is 0 Å². The lowest BCUT2D eigenvalue weighted by molar-refractivity contribution is -0.132. The average molecular weight is 568 g/mol. The van der Waals surface area contributed by atoms with Gasteiger partial charge in [-0.25, -0.2) is 4.79 Å². The molecule has 0 aliphatic heterocycles. The second-order valence-electron chi connectivity index (χ2n) is 8.93. The van der Waals surface area contributed by atoms with E-state index in [4.69, 9.17) is 18.9 Å². The Morgan fingerprint density at radius 3 is 2.27 bits per heavy atom. The Balaban J connectivity index is 1.77. The molecule has 3 rings (SSSR count). The number of urea groups is 1. The van der Waals surface area contributed by atoms with Crippen LogP contribution in [-0.4, -0.2) is 69.8 Å². The second-order valence-corrected chi connectivity index (χ2v) is 10.3. The Kier molecular flexibility index (Phi) is 11.3. The Morgan fingerprint density at radius 1 is 0.900 bits per heavy atom. The van der Waals surface area contributed by atoms with Crippen molar-refractivity contribution in [3.8, 4) is 23.0 Å². The van der Waals surface area contributed by atoms with Crippen LogP contribution < -0.4 is 24.3 Å². The van der Waals surface area contributed by atoms with Gasteiger partial charge in [0, 0.05) is 28.9 Å². The topological polar surface area (TPSA) is 89.6 Å². The number of benzene rings is 2. The van der Waals surface area contributed by atoms with Gasteiger partial charge >= 0.3 is 6.03 Å². The summed E-state index contributed by atoms with van der Waals surface area (Å²) < 4.78 is 21.4. The summed E-state index contributed by atoms with van der Waals surface area (Å²) in [6.45, 7) is 6.78. The van der Waals surface area contributed by atoms with E-state index in [0.29, 0.717) is 48.2 Å². The third kappa shape index (κ3) is 8.16. The molecule has 2 aromatic carbocycles. The maximum atomic E-state index is 13.6. The van der Waals surface area contributed by atoms with Crippen molar-refractivity contribution in [1.82, 2.24) is 9.80 Å². The molecule has 0 saturated carbocycles. The van der Waals surface area contributed by atoms with E-state index in [0.717, 1.165) is 10.4 Å². The van der Waals surface area contributed by atoms with Crippen molar-refractivity contribution in [3.05, 3.63) is 76.5 Å². The molecule has 0 radical (unpaired) electrons. The van der Waals surface area contributed by atoms with Gasteiger partial charge in [-0.2, -0.15) is 0 Å². The SMILES string of the molecule is C=CCN(CC(=O)N(CCc1ccc(OC)c(OC)c1)Cc1ccc(C)s1)C(=O)Nc1ccc(OC)cc1OC. The number of amides is 3. The van der Waals surface area contributed by atoms with Gasteiger partial charge in [0.05, 0.1) is 40.7 Å². The molecule has 0 saturated heterocycles. The molecular weight excluding hydrogens is 530 g/mol. The highest BCUT2D eigenvalue weighted by Crippen LogP contribution is 2.30. The van der Waals surface area contributed by atoms with Gasteiger partial charge in [-0.05, 0) is 55.3 Å². The summed E-state index contributed by atoms with van der Waals surface area (Å²) in [7, 11) is 6.26. The number of ether oxygens (including phenoxy) is 4. The number of methoxy groups -OCH3 is 4. The monoisotopic (exact) mass is 567 g/mol. The van der Waals surface area contributed by atoms with E-state index in [1.54, 1.807) is 61.8 Å². The Labute approximate surface area is 239 Å². The van der Waals surface area contributed by atoms with E-state index in [2.05, 4.69) is 11.9 Å². The zero-order valence-electron chi connectivity index (χ0n) is 23.7. The minimum Gasteiger partial charge on any atom is -0.497 e. The van der Waals surface area contributed by atoms with Crippen molar-refractivity contribution in [1.29, 1.82) is 0 Å². The number of thiophene rings is 1. The molecule has 1 heterocycles. The van der Waals surface area contributed by atoms with Crippen LogP contribution in [0.15, 0.2) is 61.2 Å². The first-order valence-electron chi connectivity index (χ1n) is 12.7. The van der Waals surface area contributed by atoms with Crippen LogP contribution in [-0.2, 0) is 17.8 Å². The number of aryl methyl sites for hydroxylation is 1. The summed E-state index contributed by atoms with van der Waals surface area (Å²) in [5.74, 6) is 2.15. The highest BCUT2D eigenvalue weighted by molar-refractivity contribution is 7.11. The lowest BCUT2D eigenvalue weighted by atomic mass is 10.1. The maximum absolute atomic E-state index is 13.6. The van der Waals surface area contributed by atoms with Crippen LogP contribution in [0.2, 0.25) is 0 Å². The fourth-order valence-electron chi connectivity index (χ4n) is 4.08. The first-order valence-corrected chi connectivity index (χ1v) is 13.6. The van der Waals surface area contributed by atoms with Gasteiger partial charge in [-0.3, -0.25) is 4.79 Å². The molecule has 3 amide bonds. The van der Waals surface area contributed by atoms with Gasteiger partial charge in [0.25, 0.3) is 0 Å². The van der Waals surface area contributed by atoms with Gasteiger partial charge in [-0.15, -0.1) is 17.9 Å². The van der Waals surface area contributed by atoms with Gasteiger partial charge < -0.3 is 34.1 Å². The van der Waals surface area contributed by atoms with Crippen LogP contribution in [0.4, 0.5) is 10.5 Å². The normalized spacial score (nSPS) is 10.4. The third-order valence-electron chi connectivity index (χ3n) is 6.23. The quantitative estimate of drug-likeness (QED) is 0.263. The molecule has 1 N–H and O–H groups in total. The Hall–Kier alpha value is -4.18. The maximum Gasteiger partial charge on any atom is 0.322 e. The molecule has 3 aromatic rings. The van der Waals surface area contributed by atoms with E-state index in [1.807, 2.05) is 37.3 Å². The van der Waals surface area contributed by atoms with Gasteiger partial charge in [0.1, 0.15) is 18.0 Å². The number of nitrogens with zero attached hydrogens (tertiary/aromatic N) is 2. The summed E-state index contributed by atoms with van der Waals surface area (Å²) >= 11 is 1.65. The molecule has 40 heavy (non-hydrogen) atoms. The minimum absolute atomic E-state index is 0.118. The Bertz CT molecular complexity index is 1310. The summed E-state index contributed by atoms with van der Waals surface area (Å²) in [4.78, 5) is 32.3. The molecule has 0 bridgehead atoms. The number of nitrogens with one attached hydrogen (secondary N) is 1. The van der Waals surface area contributed by atoms with Crippen LogP contribution in [0.5, 0.6) is 23.0 Å². The standard InChI is InChI=1S/C30H37N3O6S/c1-7-15-33(30(35)31-25-12-10-23(36-3)18-27(25)38-5)20-29(34)32(19-24-11-8-21(2)40-24)16-14-22-9-13-26(37-4)28(17-22)39-6/h7-13,17-18H,1,14-16,19-20H2,2-6H3,(H,31,35). The predicted octanol–water partition coefficient (Wildman–Crippen LogP) is 5.38. The summed E-state index contributed by atoms with van der Waals surface area (Å²) in [6, 6.07) is 14.4. The zero-order chi connectivity index (χ0) is 29.1. The van der Waals surface area contributed by atoms with Crippen molar-refractivity contribution in [2.24, 2.45) is 0 Å². The Morgan fingerprint density at radius 2 is 1.65 bits per heavy atom. The molecule has 0 fully saturated rings. The summed E-state index contributed by atoms with van der Waals surface area (Å²) in [5, 5.41) is 2.84. The number of carbonyl (C=O) groups is 2. The van der Waals surface area contributed by atoms with Crippen LogP contribution >= 0.6 is 11.3 Å². The predicted molar refractivity (Wildman–Crippen MR) is 158 cm³/mol. The van der Waals surface area contributed by atoms with Crippen LogP contribution in [0.25, 0.3) is 0 Å². The van der Waals surface area contributed by atoms with Crippen LogP contribution in [0.1, 0.15) is 15.3 Å². The number of hydrogen-bond acceptors (Lipinski definition) is 7. The average Bonchev–Trinajstić information content (AvgIpc) is 3.39. The van der Waals surface area contributed by atoms with E-state index in [9.17, 15) is 9.59 Å². The van der Waals surface area contributed by atoms with E-state index in [-0.39, 0.29) is 19.0 Å². The summed E-state index contributed by atoms with van der Waals surface area (Å²) in [5.41, 5.74) is 1.47. The summed E-state index contributed by atoms with van der Waals surface area (Å²) in [6.07, 6.45) is 2.20. The number of rotatable bonds is 14. The van der Waals surface area contributed by atoms with Crippen LogP contribution in [0, 0.1) is 6.92 Å². The molecule has 9 nitrogen and oxygen atoms in total. The van der Waals surface area contributed by atoms with Gasteiger partial charge in [0.15, 0.2) is 11.5 Å². The lowest BCUT2D eigenvalue weighted by Gasteiger charge is -2.27. The minimum atomic E-state index is -0.441. The van der Waals surface area contributed by atoms with Crippen LogP contribution in [0.3, 0.4) is 0 Å². The molecule has 0 atom stereocenters. The van der Waals surface area contributed by atoms with Crippen molar-refractivity contribution in [2.75, 3.05) is 53.4 Å². The fraction of sp³-hybridized carbons (Fsp3) is 0.333. The molecule has 0 unspecified atom stereocenters. The molecular formula is C30H37N3O6S. The fourth-order valence-corrected chi connectivity index (χ4v) is 4.99. The first kappa shape index (κ1) is 30.4. The van der Waals surface area contributed by atoms with Crippen molar-refractivity contribution in [3.63, 3.8) is 0 Å². The van der Waals surface area contributed by atoms with Crippen molar-refractivity contribution in [2.45, 2.75) is 19.9 Å².